The van der Waals surface area contributed by atoms with Crippen molar-refractivity contribution in [2.45, 2.75) is 76.4 Å². The summed E-state index contributed by atoms with van der Waals surface area (Å²) in [5.74, 6) is 0. The van der Waals surface area contributed by atoms with E-state index < -0.39 is 37.4 Å². The number of rotatable bonds is 28. The summed E-state index contributed by atoms with van der Waals surface area (Å²) in [7, 11) is -6.31. The Balaban J connectivity index is 4.32. The van der Waals surface area contributed by atoms with Crippen molar-refractivity contribution < 1.29 is 48.3 Å². The molecule has 15 heteroatoms. The molecule has 0 aliphatic carbocycles. The molecule has 0 aliphatic heterocycles. The molecule has 0 rings (SSSR count). The van der Waals surface area contributed by atoms with Gasteiger partial charge >= 0.3 is 8.56 Å². The van der Waals surface area contributed by atoms with Crippen LogP contribution in [0.1, 0.15) is 12.8 Å². The first kappa shape index (κ1) is 41.2. The second kappa shape index (κ2) is 22.6. The van der Waals surface area contributed by atoms with Gasteiger partial charge in [0, 0.05) is 52.5 Å². The van der Waals surface area contributed by atoms with E-state index in [2.05, 4.69) is 39.3 Å². The molecule has 248 valence electrons. The highest BCUT2D eigenvalue weighted by molar-refractivity contribution is 6.87. The lowest BCUT2D eigenvalue weighted by molar-refractivity contribution is 0.0114. The molecule has 0 bridgehead atoms. The Morgan fingerprint density at radius 3 is 1.17 bits per heavy atom. The first-order valence-electron chi connectivity index (χ1n) is 15.0. The average molecular weight is 647 g/mol. The van der Waals surface area contributed by atoms with Crippen molar-refractivity contribution in [2.24, 2.45) is 0 Å². The van der Waals surface area contributed by atoms with Crippen molar-refractivity contribution in [3.8, 4) is 0 Å². The van der Waals surface area contributed by atoms with E-state index in [9.17, 15) is 10.2 Å². The molecule has 0 spiro atoms. The van der Waals surface area contributed by atoms with E-state index >= 15 is 0 Å². The molecule has 6 N–H and O–H groups in total. The monoisotopic (exact) mass is 646 g/mol. The van der Waals surface area contributed by atoms with Crippen LogP contribution in [0.25, 0.3) is 0 Å². The van der Waals surface area contributed by atoms with E-state index in [1.165, 1.54) is 0 Å². The molecule has 0 aromatic heterocycles. The fourth-order valence-electron chi connectivity index (χ4n) is 4.95. The molecule has 0 fully saturated rings. The van der Waals surface area contributed by atoms with Crippen LogP contribution in [0.5, 0.6) is 0 Å². The van der Waals surface area contributed by atoms with Crippen molar-refractivity contribution in [1.82, 2.24) is 9.80 Å². The van der Waals surface area contributed by atoms with Gasteiger partial charge < -0.3 is 48.3 Å². The average Bonchev–Trinajstić information content (AvgIpc) is 2.82. The molecule has 2 unspecified atom stereocenters. The summed E-state index contributed by atoms with van der Waals surface area (Å²) in [5.41, 5.74) is 0. The summed E-state index contributed by atoms with van der Waals surface area (Å²) in [6.07, 6.45) is 0.344. The summed E-state index contributed by atoms with van der Waals surface area (Å²) < 4.78 is 24.7. The van der Waals surface area contributed by atoms with Gasteiger partial charge in [-0.2, -0.15) is 0 Å². The zero-order valence-electron chi connectivity index (χ0n) is 26.6. The first-order chi connectivity index (χ1) is 19.2. The van der Waals surface area contributed by atoms with Crippen LogP contribution in [-0.4, -0.2) is 170 Å². The predicted molar refractivity (Wildman–Crippen MR) is 168 cm³/mol. The third kappa shape index (κ3) is 23.3. The van der Waals surface area contributed by atoms with E-state index in [1.54, 1.807) is 0 Å². The molecule has 0 radical (unpaired) electrons. The number of ether oxygens (including phenoxy) is 2. The number of aliphatic hydroxyl groups excluding tert-OH is 6. The Labute approximate surface area is 251 Å². The van der Waals surface area contributed by atoms with E-state index in [0.29, 0.717) is 52.5 Å². The minimum Gasteiger partial charge on any atom is -0.437 e. The quantitative estimate of drug-likeness (QED) is 0.0508. The van der Waals surface area contributed by atoms with Crippen LogP contribution in [0, 0.1) is 0 Å². The van der Waals surface area contributed by atoms with Gasteiger partial charge in [-0.15, -0.1) is 0 Å². The Kier molecular flexibility index (Phi) is 22.7. The first-order valence-corrected chi connectivity index (χ1v) is 24.0. The van der Waals surface area contributed by atoms with Crippen LogP contribution in [-0.2, 0) is 17.7 Å². The van der Waals surface area contributed by atoms with E-state index in [0.717, 1.165) is 24.9 Å². The van der Waals surface area contributed by atoms with Crippen LogP contribution in [0.3, 0.4) is 0 Å². The summed E-state index contributed by atoms with van der Waals surface area (Å²) in [6, 6.07) is 1.85. The maximum atomic E-state index is 10.2. The van der Waals surface area contributed by atoms with E-state index in [-0.39, 0.29) is 39.6 Å². The van der Waals surface area contributed by atoms with Gasteiger partial charge in [0.15, 0.2) is 16.6 Å². The molecule has 0 amide bonds. The Morgan fingerprint density at radius 2 is 0.878 bits per heavy atom. The smallest absolute Gasteiger partial charge is 0.311 e. The highest BCUT2D eigenvalue weighted by Crippen LogP contribution is 2.26. The van der Waals surface area contributed by atoms with Gasteiger partial charge in [0.2, 0.25) is 0 Å². The van der Waals surface area contributed by atoms with Gasteiger partial charge in [-0.3, -0.25) is 9.80 Å². The van der Waals surface area contributed by atoms with Crippen molar-refractivity contribution in [3.05, 3.63) is 0 Å². The maximum Gasteiger partial charge on any atom is 0.311 e. The zero-order valence-corrected chi connectivity index (χ0v) is 29.6. The second-order valence-corrected chi connectivity index (χ2v) is 24.8. The molecule has 41 heavy (non-hydrogen) atoms. The molecular weight excluding hydrogens is 585 g/mol. The van der Waals surface area contributed by atoms with Gasteiger partial charge in [0.25, 0.3) is 0 Å². The minimum atomic E-state index is -2.35. The van der Waals surface area contributed by atoms with Crippen molar-refractivity contribution in [2.75, 3.05) is 92.1 Å². The Morgan fingerprint density at radius 1 is 0.561 bits per heavy atom. The Bertz CT molecular complexity index is 576. The molecule has 0 saturated carbocycles. The van der Waals surface area contributed by atoms with Crippen molar-refractivity contribution >= 4 is 25.2 Å². The molecule has 0 aromatic rings. The van der Waals surface area contributed by atoms with Crippen LogP contribution >= 0.6 is 0 Å². The highest BCUT2D eigenvalue weighted by atomic mass is 28.5. The molecular formula is C26H62N2O10Si3. The van der Waals surface area contributed by atoms with Gasteiger partial charge in [-0.05, 0) is 64.2 Å². The van der Waals surface area contributed by atoms with Crippen LogP contribution in [0.4, 0.5) is 0 Å². The SMILES string of the molecule is C[Si](C)(CCCOCC(O)CN(CCO)CCO)O[Si](C)(C)O[Si](C)(C)CCCOCC(O)CN(CCO)CCO. The topological polar surface area (TPSA) is 165 Å². The van der Waals surface area contributed by atoms with Gasteiger partial charge in [0.05, 0.1) is 51.8 Å². The number of hydrogen-bond acceptors (Lipinski definition) is 12. The van der Waals surface area contributed by atoms with E-state index in [1.807, 2.05) is 9.80 Å². The number of aliphatic hydroxyl groups is 6. The number of hydrogen-bond donors (Lipinski definition) is 6. The minimum absolute atomic E-state index is 0.0185. The predicted octanol–water partition coefficient (Wildman–Crippen LogP) is 0.240. The van der Waals surface area contributed by atoms with Crippen molar-refractivity contribution in [3.63, 3.8) is 0 Å². The molecule has 0 aromatic carbocycles. The lowest BCUT2D eigenvalue weighted by atomic mass is 10.3. The second-order valence-electron chi connectivity index (χ2n) is 12.3. The summed E-state index contributed by atoms with van der Waals surface area (Å²) in [5, 5.41) is 56.7. The number of nitrogens with zero attached hydrogens (tertiary/aromatic N) is 2. The fourth-order valence-corrected chi connectivity index (χ4v) is 18.9. The normalized spacial score (nSPS) is 14.8. The molecule has 0 saturated heterocycles. The summed E-state index contributed by atoms with van der Waals surface area (Å²) in [6.45, 7) is 16.8. The standard InChI is InChI=1S/C26H62N2O10Si3/c1-39(2,19-7-17-35-23-25(33)21-27(9-13-29)10-14-30)37-41(5,6)38-40(3,4)20-8-18-36-24-26(34)22-28(11-15-31)12-16-32/h25-26,29-34H,7-24H2,1-6H3. The van der Waals surface area contributed by atoms with Crippen molar-refractivity contribution in [1.29, 1.82) is 0 Å². The Hall–Kier alpha value is 0.171. The van der Waals surface area contributed by atoms with Gasteiger partial charge in [0.1, 0.15) is 0 Å². The van der Waals surface area contributed by atoms with E-state index in [4.69, 9.17) is 38.1 Å². The molecule has 0 aliphatic rings. The maximum absolute atomic E-state index is 10.2. The molecule has 12 nitrogen and oxygen atoms in total. The van der Waals surface area contributed by atoms with Gasteiger partial charge in [-0.1, -0.05) is 0 Å². The van der Waals surface area contributed by atoms with Crippen LogP contribution in [0.2, 0.25) is 51.4 Å². The van der Waals surface area contributed by atoms with Crippen LogP contribution < -0.4 is 0 Å². The third-order valence-corrected chi connectivity index (χ3v) is 17.9. The zero-order chi connectivity index (χ0) is 31.4. The summed E-state index contributed by atoms with van der Waals surface area (Å²) in [4.78, 5) is 3.62. The van der Waals surface area contributed by atoms with Crippen LogP contribution in [0.15, 0.2) is 0 Å². The lowest BCUT2D eigenvalue weighted by Gasteiger charge is -2.38. The third-order valence-electron chi connectivity index (χ3n) is 6.40. The summed E-state index contributed by atoms with van der Waals surface area (Å²) >= 11 is 0. The van der Waals surface area contributed by atoms with Gasteiger partial charge in [-0.25, -0.2) is 0 Å². The fraction of sp³-hybridized carbons (Fsp3) is 1.00. The highest BCUT2D eigenvalue weighted by Gasteiger charge is 2.39. The largest absolute Gasteiger partial charge is 0.437 e. The lowest BCUT2D eigenvalue weighted by Crippen LogP contribution is -2.52. The molecule has 0 heterocycles. The molecule has 2 atom stereocenters.